The van der Waals surface area contributed by atoms with Gasteiger partial charge in [0.1, 0.15) is 0 Å². The van der Waals surface area contributed by atoms with Crippen molar-refractivity contribution in [3.63, 3.8) is 0 Å². The number of ether oxygens (including phenoxy) is 1. The molecule has 0 fully saturated rings. The van der Waals surface area contributed by atoms with Crippen molar-refractivity contribution >= 4 is 45.4 Å². The van der Waals surface area contributed by atoms with Crippen molar-refractivity contribution in [1.29, 1.82) is 0 Å². The van der Waals surface area contributed by atoms with Crippen LogP contribution in [0.4, 0.5) is 10.8 Å². The molecule has 1 aromatic heterocycles. The van der Waals surface area contributed by atoms with Crippen LogP contribution in [0.1, 0.15) is 56.6 Å². The number of aryl methyl sites for hydroxylation is 1. The van der Waals surface area contributed by atoms with Crippen LogP contribution in [0.5, 0.6) is 11.5 Å². The van der Waals surface area contributed by atoms with Crippen LogP contribution in [0.2, 0.25) is 0 Å². The zero-order valence-corrected chi connectivity index (χ0v) is 23.5. The van der Waals surface area contributed by atoms with E-state index in [4.69, 9.17) is 8.92 Å². The normalized spacial score (nSPS) is 11.8. The van der Waals surface area contributed by atoms with Gasteiger partial charge in [0.25, 0.3) is 0 Å². The Hall–Kier alpha value is -2.34. The highest BCUT2D eigenvalue weighted by molar-refractivity contribution is 7.98. The van der Waals surface area contributed by atoms with E-state index in [1.807, 2.05) is 44.3 Å². The van der Waals surface area contributed by atoms with Gasteiger partial charge in [0.15, 0.2) is 11.5 Å². The summed E-state index contributed by atoms with van der Waals surface area (Å²) >= 11 is 0.875. The van der Waals surface area contributed by atoms with Crippen molar-refractivity contribution in [3.05, 3.63) is 53.6 Å². The van der Waals surface area contributed by atoms with Gasteiger partial charge in [-0.2, -0.15) is 13.6 Å². The largest absolute Gasteiger partial charge is 0.490 e. The molecule has 1 atom stereocenters. The zero-order valence-electron chi connectivity index (χ0n) is 21.0. The summed E-state index contributed by atoms with van der Waals surface area (Å²) in [6, 6.07) is 13.8. The molecule has 0 aliphatic heterocycles. The lowest BCUT2D eigenvalue weighted by molar-refractivity contribution is 0.296. The Kier molecular flexibility index (Phi) is 12.3. The number of rotatable bonds is 17. The number of hydrogen-bond acceptors (Lipinski definition) is 9. The highest BCUT2D eigenvalue weighted by atomic mass is 32.2. The molecule has 2 aromatic carbocycles. The van der Waals surface area contributed by atoms with E-state index in [1.165, 1.54) is 54.5 Å². The third kappa shape index (κ3) is 9.96. The van der Waals surface area contributed by atoms with Gasteiger partial charge in [0.2, 0.25) is 10.3 Å². The van der Waals surface area contributed by atoms with Gasteiger partial charge >= 0.3 is 11.3 Å². The second-order valence-corrected chi connectivity index (χ2v) is 10.8. The SMILES string of the molecule is CCCCCCCCOc1ccc(C)cc1OS(=O)NNc1nc(SCc2cccc(NC)c2)ns1. The third-order valence-corrected chi connectivity index (χ3v) is 7.52. The van der Waals surface area contributed by atoms with Gasteiger partial charge < -0.3 is 14.2 Å². The Morgan fingerprint density at radius 3 is 2.72 bits per heavy atom. The molecule has 8 nitrogen and oxygen atoms in total. The minimum absolute atomic E-state index is 0.436. The monoisotopic (exact) mass is 549 g/mol. The van der Waals surface area contributed by atoms with Gasteiger partial charge in [-0.25, -0.2) is 0 Å². The van der Waals surface area contributed by atoms with Crippen LogP contribution in [0.25, 0.3) is 0 Å². The first-order valence-electron chi connectivity index (χ1n) is 12.2. The van der Waals surface area contributed by atoms with E-state index in [9.17, 15) is 4.21 Å². The molecule has 0 saturated carbocycles. The molecule has 1 heterocycles. The van der Waals surface area contributed by atoms with Crippen LogP contribution >= 0.6 is 23.3 Å². The standard InChI is InChI=1S/C25H35N5O3S3/c1-4-5-6-7-8-9-15-32-22-14-13-19(2)16-23(22)33-36(31)30-28-24-27-25(29-35-24)34-18-20-11-10-12-21(17-20)26-3/h10-14,16-17,26,30H,4-9,15,18H2,1-3H3,(H,27,28,29). The summed E-state index contributed by atoms with van der Waals surface area (Å²) in [5, 5.41) is 4.29. The Labute approximate surface area is 224 Å². The summed E-state index contributed by atoms with van der Waals surface area (Å²) < 4.78 is 28.4. The zero-order chi connectivity index (χ0) is 25.6. The van der Waals surface area contributed by atoms with Gasteiger partial charge in [-0.1, -0.05) is 69.0 Å². The van der Waals surface area contributed by atoms with E-state index in [0.717, 1.165) is 29.8 Å². The average Bonchev–Trinajstić information content (AvgIpc) is 3.35. The van der Waals surface area contributed by atoms with Gasteiger partial charge in [-0.3, -0.25) is 5.43 Å². The van der Waals surface area contributed by atoms with Crippen molar-refractivity contribution in [3.8, 4) is 11.5 Å². The molecule has 0 amide bonds. The molecule has 0 aliphatic carbocycles. The molecule has 11 heteroatoms. The summed E-state index contributed by atoms with van der Waals surface area (Å²) in [5.41, 5.74) is 6.06. The number of anilines is 2. The van der Waals surface area contributed by atoms with Gasteiger partial charge in [0, 0.05) is 30.0 Å². The molecule has 36 heavy (non-hydrogen) atoms. The number of nitrogens with zero attached hydrogens (tertiary/aromatic N) is 2. The molecular formula is C25H35N5O3S3. The number of benzene rings is 2. The quantitative estimate of drug-likeness (QED) is 0.0998. The summed E-state index contributed by atoms with van der Waals surface area (Å²) in [7, 11) is 1.90. The lowest BCUT2D eigenvalue weighted by Gasteiger charge is -2.13. The fourth-order valence-electron chi connectivity index (χ4n) is 3.34. The number of aromatic nitrogens is 2. The first kappa shape index (κ1) is 28.2. The smallest absolute Gasteiger partial charge is 0.306 e. The van der Waals surface area contributed by atoms with E-state index in [2.05, 4.69) is 44.0 Å². The number of hydrazine groups is 1. The molecule has 196 valence electrons. The number of nitrogens with one attached hydrogen (secondary N) is 3. The first-order valence-corrected chi connectivity index (χ1v) is 15.0. The van der Waals surface area contributed by atoms with Crippen LogP contribution in [-0.4, -0.2) is 27.2 Å². The molecule has 3 rings (SSSR count). The van der Waals surface area contributed by atoms with E-state index in [0.29, 0.717) is 28.4 Å². The lowest BCUT2D eigenvalue weighted by Crippen LogP contribution is -2.27. The summed E-state index contributed by atoms with van der Waals surface area (Å²) in [6.45, 7) is 4.77. The summed E-state index contributed by atoms with van der Waals surface area (Å²) in [4.78, 5) is 7.05. The molecule has 0 spiro atoms. The fraction of sp³-hybridized carbons (Fsp3) is 0.440. The number of unbranched alkanes of at least 4 members (excludes halogenated alkanes) is 5. The fourth-order valence-corrected chi connectivity index (χ4v) is 5.36. The van der Waals surface area contributed by atoms with Gasteiger partial charge in [-0.05, 0) is 48.7 Å². The minimum atomic E-state index is -1.85. The van der Waals surface area contributed by atoms with Crippen LogP contribution in [0, 0.1) is 6.92 Å². The summed E-state index contributed by atoms with van der Waals surface area (Å²) in [5.74, 6) is 1.77. The highest BCUT2D eigenvalue weighted by Gasteiger charge is 2.12. The highest BCUT2D eigenvalue weighted by Crippen LogP contribution is 2.29. The average molecular weight is 550 g/mol. The van der Waals surface area contributed by atoms with Gasteiger partial charge in [0.05, 0.1) is 6.61 Å². The van der Waals surface area contributed by atoms with Crippen LogP contribution < -0.4 is 24.5 Å². The van der Waals surface area contributed by atoms with E-state index >= 15 is 0 Å². The predicted octanol–water partition coefficient (Wildman–Crippen LogP) is 6.49. The lowest BCUT2D eigenvalue weighted by atomic mass is 10.1. The van der Waals surface area contributed by atoms with Crippen LogP contribution in [-0.2, 0) is 17.0 Å². The minimum Gasteiger partial charge on any atom is -0.490 e. The van der Waals surface area contributed by atoms with Crippen molar-refractivity contribution in [1.82, 2.24) is 14.2 Å². The van der Waals surface area contributed by atoms with E-state index in [-0.39, 0.29) is 0 Å². The Balaban J connectivity index is 1.43. The molecule has 0 radical (unpaired) electrons. The molecular weight excluding hydrogens is 515 g/mol. The molecule has 3 N–H and O–H groups in total. The summed E-state index contributed by atoms with van der Waals surface area (Å²) in [6.07, 6.45) is 7.15. The molecule has 0 aliphatic rings. The Bertz CT molecular complexity index is 1100. The molecule has 0 bridgehead atoms. The predicted molar refractivity (Wildman–Crippen MR) is 151 cm³/mol. The molecule has 3 aromatic rings. The van der Waals surface area contributed by atoms with E-state index < -0.39 is 11.3 Å². The maximum atomic E-state index is 12.5. The first-order chi connectivity index (χ1) is 17.6. The second-order valence-electron chi connectivity index (χ2n) is 8.23. The second kappa shape index (κ2) is 15.7. The van der Waals surface area contributed by atoms with Crippen LogP contribution in [0.15, 0.2) is 47.6 Å². The Morgan fingerprint density at radius 1 is 1.06 bits per heavy atom. The van der Waals surface area contributed by atoms with Gasteiger partial charge in [-0.15, -0.1) is 4.83 Å². The maximum Gasteiger partial charge on any atom is 0.306 e. The molecule has 1 unspecified atom stereocenters. The van der Waals surface area contributed by atoms with Crippen molar-refractivity contribution < 1.29 is 13.1 Å². The Morgan fingerprint density at radius 2 is 1.89 bits per heavy atom. The maximum absolute atomic E-state index is 12.5. The molecule has 0 saturated heterocycles. The topological polar surface area (TPSA) is 97.4 Å². The van der Waals surface area contributed by atoms with Crippen molar-refractivity contribution in [2.75, 3.05) is 24.4 Å². The third-order valence-electron chi connectivity index (χ3n) is 5.25. The number of thioether (sulfide) groups is 1. The van der Waals surface area contributed by atoms with Crippen LogP contribution in [0.3, 0.4) is 0 Å². The van der Waals surface area contributed by atoms with E-state index in [1.54, 1.807) is 0 Å². The van der Waals surface area contributed by atoms with Crippen molar-refractivity contribution in [2.24, 2.45) is 0 Å². The van der Waals surface area contributed by atoms with Crippen molar-refractivity contribution in [2.45, 2.75) is 63.3 Å². The number of hydrogen-bond donors (Lipinski definition) is 3.